The number of allylic oxidation sites excluding steroid dienone is 9. The second-order valence-electron chi connectivity index (χ2n) is 13.1. The smallest absolute Gasteiger partial charge is 0.306 e. The van der Waals surface area contributed by atoms with Gasteiger partial charge in [0.25, 0.3) is 0 Å². The van der Waals surface area contributed by atoms with Gasteiger partial charge in [-0.3, -0.25) is 4.79 Å². The quantitative estimate of drug-likeness (QED) is 0.0521. The van der Waals surface area contributed by atoms with E-state index in [1.165, 1.54) is 82.6 Å². The Morgan fingerprint density at radius 2 is 1.10 bits per heavy atom. The fourth-order valence-corrected chi connectivity index (χ4v) is 5.08. The second kappa shape index (κ2) is 30.6. The molecule has 0 N–H and O–H groups in total. The van der Waals surface area contributed by atoms with Gasteiger partial charge in [-0.1, -0.05) is 147 Å². The van der Waals surface area contributed by atoms with Crippen molar-refractivity contribution in [3.63, 3.8) is 0 Å². The SMILES string of the molecule is CCCCC/C=C\C/C=C\C/C=C\C/C=C\CCCC(=O)OC/C=C(\C)CCC[C@H](C)CCC[C@H](C)CCCC(C)C. The number of unbranched alkanes of at least 4 members (excludes halogenated alkanes) is 4. The van der Waals surface area contributed by atoms with Gasteiger partial charge in [0.05, 0.1) is 0 Å². The molecule has 0 saturated heterocycles. The van der Waals surface area contributed by atoms with Crippen molar-refractivity contribution in [3.8, 4) is 0 Å². The van der Waals surface area contributed by atoms with Crippen LogP contribution in [0, 0.1) is 17.8 Å². The number of esters is 1. The van der Waals surface area contributed by atoms with Crippen LogP contribution in [0.4, 0.5) is 0 Å². The molecule has 242 valence electrons. The molecule has 0 aliphatic heterocycles. The van der Waals surface area contributed by atoms with Gasteiger partial charge in [0.2, 0.25) is 0 Å². The van der Waals surface area contributed by atoms with Crippen LogP contribution in [0.1, 0.15) is 164 Å². The number of carbonyl (C=O) groups excluding carboxylic acids is 1. The second-order valence-corrected chi connectivity index (χ2v) is 13.1. The predicted molar refractivity (Wildman–Crippen MR) is 188 cm³/mol. The molecule has 42 heavy (non-hydrogen) atoms. The van der Waals surface area contributed by atoms with Crippen LogP contribution in [-0.4, -0.2) is 12.6 Å². The normalized spacial score (nSPS) is 14.3. The minimum absolute atomic E-state index is 0.0815. The molecule has 0 amide bonds. The van der Waals surface area contributed by atoms with Gasteiger partial charge in [0.1, 0.15) is 6.61 Å². The van der Waals surface area contributed by atoms with Gasteiger partial charge < -0.3 is 4.74 Å². The van der Waals surface area contributed by atoms with Crippen LogP contribution >= 0.6 is 0 Å². The first kappa shape index (κ1) is 40.2. The maximum absolute atomic E-state index is 12.0. The molecule has 0 aliphatic carbocycles. The first-order chi connectivity index (χ1) is 20.3. The fourth-order valence-electron chi connectivity index (χ4n) is 5.08. The van der Waals surface area contributed by atoms with E-state index < -0.39 is 0 Å². The van der Waals surface area contributed by atoms with E-state index in [1.54, 1.807) is 0 Å². The van der Waals surface area contributed by atoms with E-state index in [0.29, 0.717) is 13.0 Å². The van der Waals surface area contributed by atoms with Crippen molar-refractivity contribution < 1.29 is 9.53 Å². The first-order valence-electron chi connectivity index (χ1n) is 17.8. The predicted octanol–water partition coefficient (Wildman–Crippen LogP) is 13.1. The van der Waals surface area contributed by atoms with Gasteiger partial charge in [-0.15, -0.1) is 0 Å². The zero-order valence-electron chi connectivity index (χ0n) is 28.9. The van der Waals surface area contributed by atoms with Gasteiger partial charge in [-0.05, 0) is 88.5 Å². The van der Waals surface area contributed by atoms with Crippen molar-refractivity contribution in [2.24, 2.45) is 17.8 Å². The van der Waals surface area contributed by atoms with Crippen molar-refractivity contribution in [2.75, 3.05) is 6.61 Å². The summed E-state index contributed by atoms with van der Waals surface area (Å²) in [5.74, 6) is 2.45. The van der Waals surface area contributed by atoms with E-state index in [0.717, 1.165) is 56.3 Å². The minimum Gasteiger partial charge on any atom is -0.461 e. The van der Waals surface area contributed by atoms with Crippen molar-refractivity contribution in [3.05, 3.63) is 60.3 Å². The van der Waals surface area contributed by atoms with Gasteiger partial charge in [0.15, 0.2) is 0 Å². The minimum atomic E-state index is -0.0815. The summed E-state index contributed by atoms with van der Waals surface area (Å²) in [7, 11) is 0. The summed E-state index contributed by atoms with van der Waals surface area (Å²) in [5, 5.41) is 0. The Balaban J connectivity index is 3.71. The highest BCUT2D eigenvalue weighted by Crippen LogP contribution is 2.22. The lowest BCUT2D eigenvalue weighted by Crippen LogP contribution is -2.04. The molecule has 0 aromatic rings. The third kappa shape index (κ3) is 31.1. The molecule has 0 radical (unpaired) electrons. The Morgan fingerprint density at radius 1 is 0.595 bits per heavy atom. The van der Waals surface area contributed by atoms with E-state index >= 15 is 0 Å². The van der Waals surface area contributed by atoms with E-state index in [-0.39, 0.29) is 5.97 Å². The molecule has 2 nitrogen and oxygen atoms in total. The standard InChI is InChI=1S/C40H70O2/c1-7-8-9-10-11-12-13-14-15-16-17-18-19-20-21-22-23-33-40(41)42-35-34-39(6)32-26-31-38(5)30-25-29-37(4)28-24-27-36(2)3/h11-12,14-15,17-18,20-21,34,36-38H,7-10,13,16,19,22-33,35H2,1-6H3/b12-11-,15-14-,18-17-,21-20-,39-34+/t37-,38-/m1/s1. The van der Waals surface area contributed by atoms with Crippen LogP contribution in [0.15, 0.2) is 60.3 Å². The van der Waals surface area contributed by atoms with Crippen LogP contribution in [-0.2, 0) is 9.53 Å². The van der Waals surface area contributed by atoms with E-state index in [2.05, 4.69) is 96.2 Å². The Morgan fingerprint density at radius 3 is 1.64 bits per heavy atom. The van der Waals surface area contributed by atoms with Crippen LogP contribution in [0.3, 0.4) is 0 Å². The summed E-state index contributed by atoms with van der Waals surface area (Å²) in [6.45, 7) is 14.3. The number of ether oxygens (including phenoxy) is 1. The molecule has 0 saturated carbocycles. The molecule has 2 atom stereocenters. The highest BCUT2D eigenvalue weighted by atomic mass is 16.5. The Hall–Kier alpha value is -1.83. The summed E-state index contributed by atoms with van der Waals surface area (Å²) in [4.78, 5) is 12.0. The summed E-state index contributed by atoms with van der Waals surface area (Å²) < 4.78 is 5.42. The van der Waals surface area contributed by atoms with E-state index in [1.807, 2.05) is 0 Å². The summed E-state index contributed by atoms with van der Waals surface area (Å²) in [5.41, 5.74) is 1.34. The van der Waals surface area contributed by atoms with Gasteiger partial charge in [0, 0.05) is 6.42 Å². The average molecular weight is 583 g/mol. The molecule has 0 aromatic heterocycles. The van der Waals surface area contributed by atoms with Crippen molar-refractivity contribution in [2.45, 2.75) is 164 Å². The molecule has 0 rings (SSSR count). The van der Waals surface area contributed by atoms with Crippen LogP contribution in [0.25, 0.3) is 0 Å². The highest BCUT2D eigenvalue weighted by Gasteiger charge is 2.07. The number of carbonyl (C=O) groups is 1. The van der Waals surface area contributed by atoms with Crippen LogP contribution in [0.2, 0.25) is 0 Å². The molecule has 0 aromatic carbocycles. The largest absolute Gasteiger partial charge is 0.461 e. The van der Waals surface area contributed by atoms with Gasteiger partial charge in [-0.25, -0.2) is 0 Å². The molecule has 0 heterocycles. The van der Waals surface area contributed by atoms with E-state index in [4.69, 9.17) is 4.74 Å². The van der Waals surface area contributed by atoms with Crippen molar-refractivity contribution in [1.82, 2.24) is 0 Å². The van der Waals surface area contributed by atoms with Crippen LogP contribution < -0.4 is 0 Å². The summed E-state index contributed by atoms with van der Waals surface area (Å²) in [6.07, 6.45) is 42.3. The maximum atomic E-state index is 12.0. The fraction of sp³-hybridized carbons (Fsp3) is 0.725. The highest BCUT2D eigenvalue weighted by molar-refractivity contribution is 5.69. The van der Waals surface area contributed by atoms with Gasteiger partial charge >= 0.3 is 5.97 Å². The zero-order chi connectivity index (χ0) is 31.1. The third-order valence-electron chi connectivity index (χ3n) is 8.03. The number of hydrogen-bond acceptors (Lipinski definition) is 2. The van der Waals surface area contributed by atoms with Crippen molar-refractivity contribution in [1.29, 1.82) is 0 Å². The Bertz CT molecular complexity index is 752. The Labute approximate surface area is 263 Å². The molecule has 0 spiro atoms. The number of rotatable bonds is 28. The summed E-state index contributed by atoms with van der Waals surface area (Å²) >= 11 is 0. The number of hydrogen-bond donors (Lipinski definition) is 0. The van der Waals surface area contributed by atoms with Gasteiger partial charge in [-0.2, -0.15) is 0 Å². The Kier molecular flexibility index (Phi) is 29.3. The molecule has 0 fully saturated rings. The lowest BCUT2D eigenvalue weighted by Gasteiger charge is -2.15. The monoisotopic (exact) mass is 583 g/mol. The zero-order valence-corrected chi connectivity index (χ0v) is 28.9. The molecule has 0 unspecified atom stereocenters. The molecule has 2 heteroatoms. The topological polar surface area (TPSA) is 26.3 Å². The lowest BCUT2D eigenvalue weighted by atomic mass is 9.91. The molecular formula is C40H70O2. The van der Waals surface area contributed by atoms with Crippen molar-refractivity contribution >= 4 is 5.97 Å². The first-order valence-corrected chi connectivity index (χ1v) is 17.8. The molecule has 0 bridgehead atoms. The summed E-state index contributed by atoms with van der Waals surface area (Å²) in [6, 6.07) is 0. The average Bonchev–Trinajstić information content (AvgIpc) is 2.94. The molecule has 0 aliphatic rings. The third-order valence-corrected chi connectivity index (χ3v) is 8.03. The van der Waals surface area contributed by atoms with Crippen LogP contribution in [0.5, 0.6) is 0 Å². The lowest BCUT2D eigenvalue weighted by molar-refractivity contribution is -0.142. The maximum Gasteiger partial charge on any atom is 0.306 e. The molecular weight excluding hydrogens is 512 g/mol. The van der Waals surface area contributed by atoms with E-state index in [9.17, 15) is 4.79 Å².